The summed E-state index contributed by atoms with van der Waals surface area (Å²) < 4.78 is 12.5. The highest BCUT2D eigenvalue weighted by atomic mass is 32.2. The molecule has 0 saturated heterocycles. The lowest BCUT2D eigenvalue weighted by Crippen LogP contribution is -2.24. The lowest BCUT2D eigenvalue weighted by Gasteiger charge is -2.14. The lowest BCUT2D eigenvalue weighted by molar-refractivity contribution is 0.354. The van der Waals surface area contributed by atoms with E-state index in [0.717, 1.165) is 11.1 Å². The molecule has 0 amide bonds. The molecule has 0 radical (unpaired) electrons. The van der Waals surface area contributed by atoms with Gasteiger partial charge in [0.2, 0.25) is 0 Å². The fourth-order valence-corrected chi connectivity index (χ4v) is 4.34. The van der Waals surface area contributed by atoms with Crippen molar-refractivity contribution in [3.63, 3.8) is 0 Å². The minimum atomic E-state index is -0.0247. The van der Waals surface area contributed by atoms with Crippen LogP contribution < -0.4 is 15.0 Å². The van der Waals surface area contributed by atoms with Crippen LogP contribution in [-0.4, -0.2) is 28.8 Å². The fraction of sp³-hybridized carbons (Fsp3) is 0.208. The van der Waals surface area contributed by atoms with Crippen LogP contribution in [0.2, 0.25) is 0 Å². The summed E-state index contributed by atoms with van der Waals surface area (Å²) in [7, 11) is 3.23. The van der Waals surface area contributed by atoms with E-state index < -0.39 is 0 Å². The summed E-state index contributed by atoms with van der Waals surface area (Å²) in [6, 6.07) is 17.2. The predicted molar refractivity (Wildman–Crippen MR) is 123 cm³/mol. The molecule has 6 nitrogen and oxygen atoms in total. The van der Waals surface area contributed by atoms with Gasteiger partial charge < -0.3 is 9.47 Å². The number of ether oxygens (including phenoxy) is 2. The Hall–Kier alpha value is -3.32. The number of pyridine rings is 1. The van der Waals surface area contributed by atoms with Gasteiger partial charge in [0.25, 0.3) is 5.56 Å². The van der Waals surface area contributed by atoms with Gasteiger partial charge in [-0.05, 0) is 53.9 Å². The van der Waals surface area contributed by atoms with E-state index >= 15 is 0 Å². The zero-order chi connectivity index (χ0) is 21.6. The van der Waals surface area contributed by atoms with Gasteiger partial charge in [-0.25, -0.2) is 4.98 Å². The number of fused-ring (bicyclic) bond motifs is 1. The molecule has 2 aromatic carbocycles. The van der Waals surface area contributed by atoms with Crippen LogP contribution in [0.3, 0.4) is 0 Å². The van der Waals surface area contributed by atoms with Crippen molar-refractivity contribution in [3.8, 4) is 11.5 Å². The fourth-order valence-electron chi connectivity index (χ4n) is 3.36. The van der Waals surface area contributed by atoms with E-state index in [1.807, 2.05) is 54.6 Å². The van der Waals surface area contributed by atoms with Crippen LogP contribution >= 0.6 is 11.8 Å². The van der Waals surface area contributed by atoms with E-state index in [0.29, 0.717) is 46.3 Å². The molecule has 0 fully saturated rings. The maximum absolute atomic E-state index is 13.3. The van der Waals surface area contributed by atoms with Gasteiger partial charge in [-0.15, -0.1) is 0 Å². The van der Waals surface area contributed by atoms with Gasteiger partial charge in [-0.3, -0.25) is 14.3 Å². The molecule has 0 aliphatic rings. The van der Waals surface area contributed by atoms with Crippen LogP contribution in [0.5, 0.6) is 11.5 Å². The number of nitrogens with zero attached hydrogens (tertiary/aromatic N) is 3. The van der Waals surface area contributed by atoms with Crippen LogP contribution in [0.4, 0.5) is 0 Å². The van der Waals surface area contributed by atoms with Crippen molar-refractivity contribution < 1.29 is 9.47 Å². The molecule has 0 aliphatic carbocycles. The normalized spacial score (nSPS) is 10.9. The molecule has 7 heteroatoms. The van der Waals surface area contributed by atoms with Crippen molar-refractivity contribution >= 4 is 22.7 Å². The topological polar surface area (TPSA) is 66.2 Å². The molecule has 158 valence electrons. The Morgan fingerprint density at radius 2 is 1.71 bits per heavy atom. The lowest BCUT2D eigenvalue weighted by atomic mass is 10.1. The number of hydrogen-bond acceptors (Lipinski definition) is 6. The zero-order valence-electron chi connectivity index (χ0n) is 17.4. The van der Waals surface area contributed by atoms with Crippen LogP contribution in [0, 0.1) is 0 Å². The minimum Gasteiger partial charge on any atom is -0.493 e. The molecular weight excluding hydrogens is 410 g/mol. The highest BCUT2D eigenvalue weighted by Crippen LogP contribution is 2.28. The first-order valence-electron chi connectivity index (χ1n) is 9.92. The van der Waals surface area contributed by atoms with Crippen LogP contribution in [0.15, 0.2) is 76.9 Å². The Balaban J connectivity index is 1.65. The van der Waals surface area contributed by atoms with Crippen molar-refractivity contribution in [2.45, 2.75) is 23.9 Å². The summed E-state index contributed by atoms with van der Waals surface area (Å²) in [5.74, 6) is 2.07. The molecule has 0 aliphatic heterocycles. The molecule has 0 unspecified atom stereocenters. The number of para-hydroxylation sites is 1. The third kappa shape index (κ3) is 4.72. The van der Waals surface area contributed by atoms with Gasteiger partial charge >= 0.3 is 0 Å². The standard InChI is InChI=1S/C24H23N3O3S/c1-29-21-8-7-17(15-22(21)30-2)11-14-27-23(28)19-5-3-4-6-20(19)26-24(27)31-16-18-9-12-25-13-10-18/h3-10,12-13,15H,11,14,16H2,1-2H3. The van der Waals surface area contributed by atoms with E-state index in [1.165, 1.54) is 0 Å². The quantitative estimate of drug-likeness (QED) is 0.304. The number of rotatable bonds is 8. The molecule has 0 atom stereocenters. The Bertz CT molecular complexity index is 1240. The molecule has 4 rings (SSSR count). The number of aromatic nitrogens is 3. The van der Waals surface area contributed by atoms with Gasteiger partial charge in [-0.2, -0.15) is 0 Å². The highest BCUT2D eigenvalue weighted by molar-refractivity contribution is 7.98. The average molecular weight is 434 g/mol. The summed E-state index contributed by atoms with van der Waals surface area (Å²) in [5.41, 5.74) is 2.88. The number of thioether (sulfide) groups is 1. The molecule has 0 saturated carbocycles. The van der Waals surface area contributed by atoms with Crippen LogP contribution in [-0.2, 0) is 18.7 Å². The number of aryl methyl sites for hydroxylation is 1. The number of hydrogen-bond donors (Lipinski definition) is 0. The van der Waals surface area contributed by atoms with E-state index in [4.69, 9.17) is 14.5 Å². The van der Waals surface area contributed by atoms with Crippen molar-refractivity contribution in [2.75, 3.05) is 14.2 Å². The Morgan fingerprint density at radius 3 is 2.48 bits per heavy atom. The third-order valence-electron chi connectivity index (χ3n) is 5.02. The molecular formula is C24H23N3O3S. The largest absolute Gasteiger partial charge is 0.493 e. The van der Waals surface area contributed by atoms with Gasteiger partial charge in [0, 0.05) is 24.7 Å². The summed E-state index contributed by atoms with van der Waals surface area (Å²) in [6.07, 6.45) is 4.21. The van der Waals surface area contributed by atoms with Crippen molar-refractivity contribution in [3.05, 3.63) is 88.5 Å². The highest BCUT2D eigenvalue weighted by Gasteiger charge is 2.13. The Labute approximate surface area is 184 Å². The van der Waals surface area contributed by atoms with Gasteiger partial charge in [-0.1, -0.05) is 30.0 Å². The Kier molecular flexibility index (Phi) is 6.52. The zero-order valence-corrected chi connectivity index (χ0v) is 18.3. The second-order valence-corrected chi connectivity index (χ2v) is 7.89. The maximum Gasteiger partial charge on any atom is 0.262 e. The Morgan fingerprint density at radius 1 is 0.935 bits per heavy atom. The molecule has 0 bridgehead atoms. The van der Waals surface area contributed by atoms with Gasteiger partial charge in [0.1, 0.15) is 0 Å². The molecule has 2 heterocycles. The smallest absolute Gasteiger partial charge is 0.262 e. The molecule has 31 heavy (non-hydrogen) atoms. The van der Waals surface area contributed by atoms with Crippen molar-refractivity contribution in [2.24, 2.45) is 0 Å². The van der Waals surface area contributed by atoms with Crippen LogP contribution in [0.25, 0.3) is 10.9 Å². The van der Waals surface area contributed by atoms with Gasteiger partial charge in [0.15, 0.2) is 16.7 Å². The summed E-state index contributed by atoms with van der Waals surface area (Å²) in [5, 5.41) is 1.34. The monoisotopic (exact) mass is 433 g/mol. The second-order valence-electron chi connectivity index (χ2n) is 6.95. The third-order valence-corrected chi connectivity index (χ3v) is 6.06. The van der Waals surface area contributed by atoms with E-state index in [2.05, 4.69) is 4.98 Å². The molecule has 0 spiro atoms. The second kappa shape index (κ2) is 9.66. The van der Waals surface area contributed by atoms with Gasteiger partial charge in [0.05, 0.1) is 25.1 Å². The maximum atomic E-state index is 13.3. The first-order chi connectivity index (χ1) is 15.2. The minimum absolute atomic E-state index is 0.0247. The van der Waals surface area contributed by atoms with E-state index in [1.54, 1.807) is 42.9 Å². The van der Waals surface area contributed by atoms with E-state index in [-0.39, 0.29) is 5.56 Å². The number of methoxy groups -OCH3 is 2. The molecule has 4 aromatic rings. The molecule has 0 N–H and O–H groups in total. The van der Waals surface area contributed by atoms with E-state index in [9.17, 15) is 4.79 Å². The molecule has 2 aromatic heterocycles. The summed E-state index contributed by atoms with van der Waals surface area (Å²) in [6.45, 7) is 0.519. The first-order valence-corrected chi connectivity index (χ1v) is 10.9. The van der Waals surface area contributed by atoms with Crippen LogP contribution in [0.1, 0.15) is 11.1 Å². The SMILES string of the molecule is COc1ccc(CCn2c(SCc3ccncc3)nc3ccccc3c2=O)cc1OC. The first kappa shape index (κ1) is 20.9. The summed E-state index contributed by atoms with van der Waals surface area (Å²) >= 11 is 1.56. The average Bonchev–Trinajstić information content (AvgIpc) is 2.82. The van der Waals surface area contributed by atoms with Crippen molar-refractivity contribution in [1.29, 1.82) is 0 Å². The van der Waals surface area contributed by atoms with Crippen molar-refractivity contribution in [1.82, 2.24) is 14.5 Å². The predicted octanol–water partition coefficient (Wildman–Crippen LogP) is 4.34. The summed E-state index contributed by atoms with van der Waals surface area (Å²) in [4.78, 5) is 22.1. The number of benzene rings is 2.